The van der Waals surface area contributed by atoms with Gasteiger partial charge in [0.15, 0.2) is 5.13 Å². The molecule has 2 N–H and O–H groups in total. The van der Waals surface area contributed by atoms with E-state index in [1.165, 1.54) is 0 Å². The van der Waals surface area contributed by atoms with Crippen LogP contribution in [0.4, 0.5) is 9.93 Å². The maximum absolute atomic E-state index is 12.9. The number of hydrogen-bond donors (Lipinski definition) is 2. The third-order valence-corrected chi connectivity index (χ3v) is 7.60. The predicted molar refractivity (Wildman–Crippen MR) is 132 cm³/mol. The summed E-state index contributed by atoms with van der Waals surface area (Å²) in [5.41, 5.74) is 4.73. The number of carboxylic acid groups (broad SMARTS) is 1. The van der Waals surface area contributed by atoms with Crippen LogP contribution in [0.5, 0.6) is 0 Å². The third kappa shape index (κ3) is 4.39. The van der Waals surface area contributed by atoms with Gasteiger partial charge in [-0.05, 0) is 42.0 Å². The molecule has 2 unspecified atom stereocenters. The summed E-state index contributed by atoms with van der Waals surface area (Å²) < 4.78 is 5.54. The van der Waals surface area contributed by atoms with Crippen LogP contribution < -0.4 is 5.32 Å². The van der Waals surface area contributed by atoms with Gasteiger partial charge < -0.3 is 14.7 Å². The van der Waals surface area contributed by atoms with Gasteiger partial charge in [0.25, 0.3) is 5.91 Å². The Morgan fingerprint density at radius 2 is 1.77 bits per heavy atom. The van der Waals surface area contributed by atoms with E-state index in [1.54, 1.807) is 17.2 Å². The lowest BCUT2D eigenvalue weighted by atomic mass is 9.90. The molecule has 2 atom stereocenters. The van der Waals surface area contributed by atoms with Crippen molar-refractivity contribution in [2.75, 3.05) is 18.5 Å². The minimum absolute atomic E-state index is 0.0515. The SMILES string of the molecule is CC1C(C(=O)O)CCCN1C(=O)c1csc(NC(=O)OCC2c3ccccc3-c3ccccc32)n1. The number of aliphatic carboxylic acids is 1. The number of hydrogen-bond acceptors (Lipinski definition) is 6. The summed E-state index contributed by atoms with van der Waals surface area (Å²) >= 11 is 1.13. The van der Waals surface area contributed by atoms with Crippen molar-refractivity contribution in [2.45, 2.75) is 31.7 Å². The van der Waals surface area contributed by atoms with E-state index in [0.29, 0.717) is 19.4 Å². The number of nitrogens with zero attached hydrogens (tertiary/aromatic N) is 2. The van der Waals surface area contributed by atoms with Gasteiger partial charge in [-0.3, -0.25) is 14.9 Å². The highest BCUT2D eigenvalue weighted by Crippen LogP contribution is 2.44. The molecule has 2 heterocycles. The van der Waals surface area contributed by atoms with Gasteiger partial charge >= 0.3 is 12.1 Å². The number of carboxylic acids is 1. The molecule has 35 heavy (non-hydrogen) atoms. The molecule has 8 nitrogen and oxygen atoms in total. The summed E-state index contributed by atoms with van der Waals surface area (Å²) in [6, 6.07) is 15.8. The van der Waals surface area contributed by atoms with E-state index in [9.17, 15) is 19.5 Å². The number of fused-ring (bicyclic) bond motifs is 3. The first-order chi connectivity index (χ1) is 16.9. The van der Waals surface area contributed by atoms with Gasteiger partial charge in [0.2, 0.25) is 0 Å². The Hall–Kier alpha value is -3.72. The fourth-order valence-corrected chi connectivity index (χ4v) is 5.73. The molecule has 0 spiro atoms. The van der Waals surface area contributed by atoms with Crippen molar-refractivity contribution in [3.05, 3.63) is 70.7 Å². The molecular formula is C26H25N3O5S. The maximum atomic E-state index is 12.9. The number of benzene rings is 2. The summed E-state index contributed by atoms with van der Waals surface area (Å²) in [7, 11) is 0. The maximum Gasteiger partial charge on any atom is 0.413 e. The van der Waals surface area contributed by atoms with E-state index in [4.69, 9.17) is 4.74 Å². The zero-order chi connectivity index (χ0) is 24.5. The molecule has 180 valence electrons. The largest absolute Gasteiger partial charge is 0.481 e. The highest BCUT2D eigenvalue weighted by molar-refractivity contribution is 7.14. The zero-order valence-electron chi connectivity index (χ0n) is 19.1. The topological polar surface area (TPSA) is 109 Å². The van der Waals surface area contributed by atoms with Crippen LogP contribution in [-0.4, -0.2) is 52.2 Å². The second-order valence-electron chi connectivity index (χ2n) is 8.81. The second kappa shape index (κ2) is 9.50. The molecular weight excluding hydrogens is 466 g/mol. The van der Waals surface area contributed by atoms with Gasteiger partial charge in [0, 0.05) is 23.9 Å². The molecule has 1 aliphatic heterocycles. The van der Waals surface area contributed by atoms with E-state index in [2.05, 4.69) is 34.6 Å². The van der Waals surface area contributed by atoms with Gasteiger partial charge in [-0.15, -0.1) is 11.3 Å². The molecule has 1 aromatic heterocycles. The Labute approximate surface area is 206 Å². The number of piperidine rings is 1. The lowest BCUT2D eigenvalue weighted by Gasteiger charge is -2.37. The third-order valence-electron chi connectivity index (χ3n) is 6.84. The summed E-state index contributed by atoms with van der Waals surface area (Å²) in [5, 5.41) is 13.8. The number of nitrogens with one attached hydrogen (secondary N) is 1. The van der Waals surface area contributed by atoms with Crippen LogP contribution >= 0.6 is 11.3 Å². The quantitative estimate of drug-likeness (QED) is 0.529. The van der Waals surface area contributed by atoms with Crippen molar-refractivity contribution in [3.63, 3.8) is 0 Å². The number of thiazole rings is 1. The number of likely N-dealkylation sites (tertiary alicyclic amines) is 1. The highest BCUT2D eigenvalue weighted by atomic mass is 32.1. The molecule has 1 fully saturated rings. The summed E-state index contributed by atoms with van der Waals surface area (Å²) in [5.74, 6) is -1.87. The number of aromatic nitrogens is 1. The van der Waals surface area contributed by atoms with Crippen molar-refractivity contribution in [3.8, 4) is 11.1 Å². The molecule has 5 rings (SSSR count). The van der Waals surface area contributed by atoms with Crippen molar-refractivity contribution < 1.29 is 24.2 Å². The standard InChI is InChI=1S/C26H25N3O5S/c1-15-16(24(31)32)11-6-12-29(15)23(30)22-14-35-25(27-22)28-26(33)34-13-21-19-9-4-2-7-17(19)18-8-3-5-10-20(18)21/h2-5,7-10,14-16,21H,6,11-13H2,1H3,(H,31,32)(H,27,28,33). The molecule has 0 bridgehead atoms. The van der Waals surface area contributed by atoms with E-state index >= 15 is 0 Å². The average molecular weight is 492 g/mol. The zero-order valence-corrected chi connectivity index (χ0v) is 20.0. The number of rotatable bonds is 5. The van der Waals surface area contributed by atoms with Gasteiger partial charge in [-0.1, -0.05) is 48.5 Å². The lowest BCUT2D eigenvalue weighted by Crippen LogP contribution is -2.49. The van der Waals surface area contributed by atoms with Gasteiger partial charge in [0.05, 0.1) is 5.92 Å². The molecule has 2 aliphatic rings. The first kappa shape index (κ1) is 23.0. The Balaban J connectivity index is 1.22. The van der Waals surface area contributed by atoms with E-state index in [0.717, 1.165) is 33.6 Å². The molecule has 2 amide bonds. The second-order valence-corrected chi connectivity index (χ2v) is 9.67. The number of carbonyl (C=O) groups is 3. The fourth-order valence-electron chi connectivity index (χ4n) is 5.06. The van der Waals surface area contributed by atoms with E-state index in [1.807, 2.05) is 24.3 Å². The first-order valence-electron chi connectivity index (χ1n) is 11.6. The number of ether oxygens (including phenoxy) is 1. The normalized spacial score (nSPS) is 19.1. The molecule has 0 saturated carbocycles. The number of carbonyl (C=O) groups excluding carboxylic acids is 2. The summed E-state index contributed by atoms with van der Waals surface area (Å²) in [6.07, 6.45) is 0.533. The van der Waals surface area contributed by atoms with E-state index < -0.39 is 24.0 Å². The number of amides is 2. The first-order valence-corrected chi connectivity index (χ1v) is 12.4. The Morgan fingerprint density at radius 1 is 1.11 bits per heavy atom. The van der Waals surface area contributed by atoms with Crippen LogP contribution in [0.15, 0.2) is 53.9 Å². The monoisotopic (exact) mass is 491 g/mol. The summed E-state index contributed by atoms with van der Waals surface area (Å²) in [4.78, 5) is 42.7. The molecule has 1 saturated heterocycles. The number of anilines is 1. The lowest BCUT2D eigenvalue weighted by molar-refractivity contribution is -0.145. The van der Waals surface area contributed by atoms with Gasteiger partial charge in [0.1, 0.15) is 12.3 Å². The van der Waals surface area contributed by atoms with Crippen LogP contribution in [0.2, 0.25) is 0 Å². The summed E-state index contributed by atoms with van der Waals surface area (Å²) in [6.45, 7) is 2.41. The van der Waals surface area contributed by atoms with Crippen molar-refractivity contribution >= 4 is 34.4 Å². The Morgan fingerprint density at radius 3 is 2.43 bits per heavy atom. The Bertz CT molecular complexity index is 1240. The Kier molecular flexibility index (Phi) is 6.25. The molecule has 2 aromatic carbocycles. The molecule has 1 aliphatic carbocycles. The van der Waals surface area contributed by atoms with E-state index in [-0.39, 0.29) is 29.3 Å². The van der Waals surface area contributed by atoms with Crippen LogP contribution in [0.1, 0.15) is 47.3 Å². The molecule has 3 aromatic rings. The van der Waals surface area contributed by atoms with Crippen LogP contribution in [0, 0.1) is 5.92 Å². The highest BCUT2D eigenvalue weighted by Gasteiger charge is 2.36. The average Bonchev–Trinajstić information content (AvgIpc) is 3.45. The fraction of sp³-hybridized carbons (Fsp3) is 0.308. The predicted octanol–water partition coefficient (Wildman–Crippen LogP) is 4.83. The smallest absolute Gasteiger partial charge is 0.413 e. The van der Waals surface area contributed by atoms with Crippen LogP contribution in [-0.2, 0) is 9.53 Å². The molecule has 0 radical (unpaired) electrons. The molecule has 9 heteroatoms. The van der Waals surface area contributed by atoms with Crippen LogP contribution in [0.25, 0.3) is 11.1 Å². The van der Waals surface area contributed by atoms with Crippen molar-refractivity contribution in [2.24, 2.45) is 5.92 Å². The van der Waals surface area contributed by atoms with Crippen LogP contribution in [0.3, 0.4) is 0 Å². The van der Waals surface area contributed by atoms with Gasteiger partial charge in [-0.25, -0.2) is 9.78 Å². The van der Waals surface area contributed by atoms with Crippen molar-refractivity contribution in [1.29, 1.82) is 0 Å². The van der Waals surface area contributed by atoms with Crippen molar-refractivity contribution in [1.82, 2.24) is 9.88 Å². The van der Waals surface area contributed by atoms with Gasteiger partial charge in [-0.2, -0.15) is 0 Å². The minimum Gasteiger partial charge on any atom is -0.481 e. The minimum atomic E-state index is -0.897.